The van der Waals surface area contributed by atoms with Crippen LogP contribution in [0.5, 0.6) is 5.75 Å². The Hall–Kier alpha value is -4.56. The van der Waals surface area contributed by atoms with E-state index in [9.17, 15) is 18.5 Å². The number of ether oxygens (including phenoxy) is 2. The minimum absolute atomic E-state index is 0.00992. The van der Waals surface area contributed by atoms with E-state index in [0.717, 1.165) is 0 Å². The van der Waals surface area contributed by atoms with Gasteiger partial charge in [-0.25, -0.2) is 14.2 Å². The van der Waals surface area contributed by atoms with Crippen molar-refractivity contribution in [2.75, 3.05) is 25.8 Å². The Morgan fingerprint density at radius 3 is 2.64 bits per heavy atom. The molecule has 220 valence electrons. The second kappa shape index (κ2) is 12.5. The molecular weight excluding hydrogens is 576 g/mol. The number of nitrogen functional groups attached to an aromatic ring is 1. The van der Waals surface area contributed by atoms with Gasteiger partial charge in [0.2, 0.25) is 5.95 Å². The van der Waals surface area contributed by atoms with Gasteiger partial charge in [-0.1, -0.05) is 36.4 Å². The van der Waals surface area contributed by atoms with E-state index < -0.39 is 37.7 Å². The highest BCUT2D eigenvalue weighted by Gasteiger charge is 2.28. The number of methoxy groups -OCH3 is 1. The van der Waals surface area contributed by atoms with Gasteiger partial charge in [0, 0.05) is 12.1 Å². The number of nitrogens with zero attached hydrogens (tertiary/aromatic N) is 3. The van der Waals surface area contributed by atoms with Crippen molar-refractivity contribution in [2.45, 2.75) is 19.8 Å². The third-order valence-electron chi connectivity index (χ3n) is 5.94. The van der Waals surface area contributed by atoms with Crippen LogP contribution in [-0.2, 0) is 38.1 Å². The van der Waals surface area contributed by atoms with E-state index in [0.29, 0.717) is 11.1 Å². The summed E-state index contributed by atoms with van der Waals surface area (Å²) < 4.78 is 61.6. The molecule has 0 fully saturated rings. The Labute approximate surface area is 236 Å². The SMILES string of the molecule is COc1ccc(COP(=O)(COCCn2cnc3c(=O)[nH]c(N)nc32)OCc2oc(=O)oc2-c2ccccc2)cc1F. The first-order chi connectivity index (χ1) is 20.2. The molecule has 0 aliphatic heterocycles. The molecule has 0 aliphatic rings. The molecule has 0 radical (unpaired) electrons. The minimum Gasteiger partial charge on any atom is -0.494 e. The second-order valence-electron chi connectivity index (χ2n) is 8.80. The van der Waals surface area contributed by atoms with E-state index in [1.807, 2.05) is 0 Å². The van der Waals surface area contributed by atoms with Gasteiger partial charge in [-0.2, -0.15) is 4.98 Å². The van der Waals surface area contributed by atoms with Crippen molar-refractivity contribution in [1.82, 2.24) is 19.5 Å². The molecule has 1 atom stereocenters. The summed E-state index contributed by atoms with van der Waals surface area (Å²) >= 11 is 0. The van der Waals surface area contributed by atoms with E-state index in [2.05, 4.69) is 15.0 Å². The van der Waals surface area contributed by atoms with Crippen LogP contribution >= 0.6 is 7.60 Å². The number of nitrogens with two attached hydrogens (primary N) is 1. The van der Waals surface area contributed by atoms with E-state index in [-0.39, 0.29) is 54.1 Å². The lowest BCUT2D eigenvalue weighted by Gasteiger charge is -2.19. The van der Waals surface area contributed by atoms with Crippen molar-refractivity contribution < 1.29 is 36.3 Å². The van der Waals surface area contributed by atoms with Crippen LogP contribution < -0.4 is 21.9 Å². The molecule has 42 heavy (non-hydrogen) atoms. The summed E-state index contributed by atoms with van der Waals surface area (Å²) in [6.07, 6.45) is 0.879. The van der Waals surface area contributed by atoms with Crippen LogP contribution in [0.15, 0.2) is 73.3 Å². The largest absolute Gasteiger partial charge is 0.519 e. The summed E-state index contributed by atoms with van der Waals surface area (Å²) in [5.41, 5.74) is 6.40. The van der Waals surface area contributed by atoms with Crippen LogP contribution in [0.1, 0.15) is 11.3 Å². The first-order valence-electron chi connectivity index (χ1n) is 12.4. The summed E-state index contributed by atoms with van der Waals surface area (Å²) in [5, 5.41) is 0. The predicted molar refractivity (Wildman–Crippen MR) is 146 cm³/mol. The van der Waals surface area contributed by atoms with Gasteiger partial charge >= 0.3 is 13.4 Å². The zero-order valence-corrected chi connectivity index (χ0v) is 23.0. The molecule has 14 nitrogen and oxygen atoms in total. The summed E-state index contributed by atoms with van der Waals surface area (Å²) in [6, 6.07) is 12.8. The minimum atomic E-state index is -4.05. The molecule has 3 N–H and O–H groups in total. The summed E-state index contributed by atoms with van der Waals surface area (Å²) in [5.74, 6) is -1.52. The van der Waals surface area contributed by atoms with Gasteiger partial charge < -0.3 is 33.1 Å². The average molecular weight is 601 g/mol. The van der Waals surface area contributed by atoms with Crippen LogP contribution in [0.3, 0.4) is 0 Å². The number of rotatable bonds is 13. The average Bonchev–Trinajstić information content (AvgIpc) is 3.57. The normalized spacial score (nSPS) is 12.9. The Morgan fingerprint density at radius 1 is 1.10 bits per heavy atom. The number of benzene rings is 2. The van der Waals surface area contributed by atoms with Gasteiger partial charge in [0.1, 0.15) is 13.0 Å². The molecular formula is C26H25FN5O9P. The zero-order valence-electron chi connectivity index (χ0n) is 22.2. The maximum Gasteiger partial charge on any atom is 0.519 e. The molecule has 0 aliphatic carbocycles. The van der Waals surface area contributed by atoms with Crippen molar-refractivity contribution in [3.8, 4) is 17.1 Å². The number of hydrogen-bond donors (Lipinski definition) is 2. The summed E-state index contributed by atoms with van der Waals surface area (Å²) in [4.78, 5) is 34.3. The van der Waals surface area contributed by atoms with Crippen molar-refractivity contribution in [1.29, 1.82) is 0 Å². The number of nitrogens with one attached hydrogen (secondary N) is 1. The van der Waals surface area contributed by atoms with Gasteiger partial charge in [-0.15, -0.1) is 0 Å². The Kier molecular flexibility index (Phi) is 8.64. The lowest BCUT2D eigenvalue weighted by Crippen LogP contribution is -2.13. The molecule has 0 saturated carbocycles. The maximum atomic E-state index is 14.2. The zero-order chi connectivity index (χ0) is 29.7. The number of halogens is 1. The molecule has 3 aromatic heterocycles. The highest BCUT2D eigenvalue weighted by atomic mass is 31.2. The third kappa shape index (κ3) is 6.66. The number of anilines is 1. The molecule has 16 heteroatoms. The van der Waals surface area contributed by atoms with E-state index in [1.165, 1.54) is 25.6 Å². The first-order valence-corrected chi connectivity index (χ1v) is 14.1. The molecule has 2 aromatic carbocycles. The number of hydrogen-bond acceptors (Lipinski definition) is 12. The number of aromatic nitrogens is 4. The quantitative estimate of drug-likeness (QED) is 0.147. The van der Waals surface area contributed by atoms with Crippen molar-refractivity contribution in [3.05, 3.63) is 93.0 Å². The molecule has 3 heterocycles. The molecule has 0 bridgehead atoms. The van der Waals surface area contributed by atoms with E-state index in [4.69, 9.17) is 33.1 Å². The topological polar surface area (TPSA) is 187 Å². The smallest absolute Gasteiger partial charge is 0.494 e. The lowest BCUT2D eigenvalue weighted by atomic mass is 10.1. The van der Waals surface area contributed by atoms with Crippen molar-refractivity contribution in [2.24, 2.45) is 0 Å². The fourth-order valence-electron chi connectivity index (χ4n) is 3.93. The second-order valence-corrected chi connectivity index (χ2v) is 10.8. The predicted octanol–water partition coefficient (Wildman–Crippen LogP) is 3.66. The highest BCUT2D eigenvalue weighted by Crippen LogP contribution is 2.50. The maximum absolute atomic E-state index is 14.2. The highest BCUT2D eigenvalue weighted by molar-refractivity contribution is 7.53. The number of fused-ring (bicyclic) bond motifs is 1. The third-order valence-corrected chi connectivity index (χ3v) is 7.48. The van der Waals surface area contributed by atoms with Crippen LogP contribution in [0, 0.1) is 5.82 Å². The first kappa shape index (κ1) is 29.0. The van der Waals surface area contributed by atoms with Crippen molar-refractivity contribution >= 4 is 24.7 Å². The van der Waals surface area contributed by atoms with Gasteiger partial charge in [-0.05, 0) is 17.7 Å². The molecule has 5 rings (SSSR count). The number of imidazole rings is 1. The summed E-state index contributed by atoms with van der Waals surface area (Å²) in [6.45, 7) is -0.582. The summed E-state index contributed by atoms with van der Waals surface area (Å²) in [7, 11) is -2.72. The van der Waals surface area contributed by atoms with Crippen LogP contribution in [0.25, 0.3) is 22.5 Å². The van der Waals surface area contributed by atoms with Gasteiger partial charge in [0.05, 0.1) is 26.7 Å². The van der Waals surface area contributed by atoms with E-state index >= 15 is 0 Å². The standard InChI is InChI=1S/C26H25FN5O9P/c1-36-19-8-7-16(11-18(19)27)12-38-42(35,39-13-20-22(41-26(34)40-20)17-5-3-2-4-6-17)15-37-10-9-32-14-29-21-23(32)30-25(28)31-24(21)33/h2-8,11,14H,9-10,12-13,15H2,1H3,(H3,28,30,31,33). The number of aromatic amines is 1. The Morgan fingerprint density at radius 2 is 1.88 bits per heavy atom. The number of H-pyrrole nitrogens is 1. The van der Waals surface area contributed by atoms with Crippen molar-refractivity contribution in [3.63, 3.8) is 0 Å². The molecule has 5 aromatic rings. The molecule has 0 amide bonds. The fraction of sp³-hybridized carbons (Fsp3) is 0.231. The molecule has 0 saturated heterocycles. The van der Waals surface area contributed by atoms with Gasteiger partial charge in [-0.3, -0.25) is 18.9 Å². The Bertz CT molecular complexity index is 1850. The fourth-order valence-corrected chi connectivity index (χ4v) is 5.16. The van der Waals surface area contributed by atoms with E-state index in [1.54, 1.807) is 41.0 Å². The lowest BCUT2D eigenvalue weighted by molar-refractivity contribution is 0.114. The van der Waals surface area contributed by atoms with Crippen LogP contribution in [-0.4, -0.2) is 39.6 Å². The van der Waals surface area contributed by atoms with Crippen LogP contribution in [0.2, 0.25) is 0 Å². The molecule has 1 unspecified atom stereocenters. The van der Waals surface area contributed by atoms with Gasteiger partial charge in [0.25, 0.3) is 5.56 Å². The molecule has 0 spiro atoms. The Balaban J connectivity index is 1.30. The van der Waals surface area contributed by atoms with Crippen LogP contribution in [0.4, 0.5) is 10.3 Å². The van der Waals surface area contributed by atoms with Gasteiger partial charge in [0.15, 0.2) is 34.3 Å². The monoisotopic (exact) mass is 601 g/mol.